The highest BCUT2D eigenvalue weighted by Gasteiger charge is 2.45. The molecule has 0 atom stereocenters. The Morgan fingerprint density at radius 1 is 1.25 bits per heavy atom. The number of carboxylic acids is 1. The normalized spacial score (nSPS) is 16.2. The smallest absolute Gasteiger partial charge is 0.309 e. The van der Waals surface area contributed by atoms with Gasteiger partial charge in [0, 0.05) is 11.6 Å². The molecule has 1 fully saturated rings. The van der Waals surface area contributed by atoms with E-state index in [1.165, 1.54) is 6.07 Å². The third kappa shape index (κ3) is 2.31. The van der Waals surface area contributed by atoms with Gasteiger partial charge in [-0.05, 0) is 25.3 Å². The van der Waals surface area contributed by atoms with Crippen molar-refractivity contribution in [3.8, 4) is 0 Å². The fourth-order valence-electron chi connectivity index (χ4n) is 2.42. The summed E-state index contributed by atoms with van der Waals surface area (Å²) in [6.07, 6.45) is 1.73. The molecule has 106 valence electrons. The monoisotopic (exact) mass is 280 g/mol. The summed E-state index contributed by atoms with van der Waals surface area (Å²) in [5, 5.41) is 30.9. The summed E-state index contributed by atoms with van der Waals surface area (Å²) in [5.41, 5.74) is -1.52. The van der Waals surface area contributed by atoms with Crippen LogP contribution >= 0.6 is 0 Å². The number of hydrogen-bond donors (Lipinski definition) is 1. The number of carbonyl (C=O) groups is 1. The minimum Gasteiger partial charge on any atom is -0.481 e. The van der Waals surface area contributed by atoms with Crippen molar-refractivity contribution in [2.45, 2.75) is 25.7 Å². The molecule has 0 spiro atoms. The van der Waals surface area contributed by atoms with E-state index in [4.69, 9.17) is 0 Å². The lowest BCUT2D eigenvalue weighted by Gasteiger charge is -2.37. The van der Waals surface area contributed by atoms with Crippen LogP contribution in [0, 0.1) is 25.6 Å². The molecule has 2 rings (SSSR count). The van der Waals surface area contributed by atoms with Crippen LogP contribution in [0.2, 0.25) is 0 Å². The van der Waals surface area contributed by atoms with E-state index in [0.29, 0.717) is 12.8 Å². The van der Waals surface area contributed by atoms with Gasteiger partial charge in [-0.1, -0.05) is 6.42 Å². The quantitative estimate of drug-likeness (QED) is 0.651. The second-order valence-electron chi connectivity index (χ2n) is 4.94. The van der Waals surface area contributed by atoms with Crippen LogP contribution in [-0.4, -0.2) is 20.9 Å². The predicted octanol–water partition coefficient (Wildman–Crippen LogP) is 2.30. The molecule has 1 aromatic carbocycles. The van der Waals surface area contributed by atoms with E-state index in [0.717, 1.165) is 18.6 Å². The maximum absolute atomic E-state index is 11.3. The van der Waals surface area contributed by atoms with Gasteiger partial charge < -0.3 is 5.11 Å². The molecule has 8 nitrogen and oxygen atoms in total. The van der Waals surface area contributed by atoms with Gasteiger partial charge in [0.25, 0.3) is 11.4 Å². The molecule has 1 saturated carbocycles. The highest BCUT2D eigenvalue weighted by atomic mass is 16.6. The molecular weight excluding hydrogens is 268 g/mol. The van der Waals surface area contributed by atoms with E-state index in [-0.39, 0.29) is 17.7 Å². The van der Waals surface area contributed by atoms with Crippen molar-refractivity contribution in [1.82, 2.24) is 0 Å². The Labute approximate surface area is 113 Å². The Hall–Kier alpha value is -2.51. The summed E-state index contributed by atoms with van der Waals surface area (Å²) in [7, 11) is 0. The van der Waals surface area contributed by atoms with Crippen LogP contribution in [0.3, 0.4) is 0 Å². The molecule has 0 unspecified atom stereocenters. The van der Waals surface area contributed by atoms with Crippen LogP contribution < -0.4 is 0 Å². The molecule has 1 N–H and O–H groups in total. The van der Waals surface area contributed by atoms with Crippen molar-refractivity contribution in [2.24, 2.45) is 5.41 Å². The van der Waals surface area contributed by atoms with E-state index in [1.54, 1.807) is 0 Å². The van der Waals surface area contributed by atoms with E-state index >= 15 is 0 Å². The van der Waals surface area contributed by atoms with Gasteiger partial charge in [-0.25, -0.2) is 0 Å². The van der Waals surface area contributed by atoms with E-state index in [1.807, 2.05) is 0 Å². The van der Waals surface area contributed by atoms with Crippen molar-refractivity contribution in [3.63, 3.8) is 0 Å². The maximum Gasteiger partial charge on any atom is 0.309 e. The third-order valence-electron chi connectivity index (χ3n) is 3.77. The third-order valence-corrected chi connectivity index (χ3v) is 3.77. The standard InChI is InChI=1S/C12H12N2O6/c15-11(16)12(4-1-5-12)7-8-2-3-9(13(17)18)6-10(8)14(19)20/h2-3,6H,1,4-5,7H2,(H,15,16). The summed E-state index contributed by atoms with van der Waals surface area (Å²) in [6, 6.07) is 3.32. The number of nitrogens with zero attached hydrogens (tertiary/aromatic N) is 2. The maximum atomic E-state index is 11.3. The van der Waals surface area contributed by atoms with Gasteiger partial charge in [-0.3, -0.25) is 25.0 Å². The highest BCUT2D eigenvalue weighted by Crippen LogP contribution is 2.45. The average Bonchev–Trinajstić information content (AvgIpc) is 2.32. The van der Waals surface area contributed by atoms with Gasteiger partial charge in [0.05, 0.1) is 21.3 Å². The molecule has 0 amide bonds. The highest BCUT2D eigenvalue weighted by molar-refractivity contribution is 5.76. The number of nitro groups is 2. The molecule has 0 aromatic heterocycles. The Morgan fingerprint density at radius 2 is 1.90 bits per heavy atom. The number of benzene rings is 1. The van der Waals surface area contributed by atoms with Crippen LogP contribution in [0.1, 0.15) is 24.8 Å². The minimum atomic E-state index is -0.976. The van der Waals surface area contributed by atoms with Crippen LogP contribution in [-0.2, 0) is 11.2 Å². The number of non-ortho nitro benzene ring substituents is 1. The largest absolute Gasteiger partial charge is 0.481 e. The first-order valence-corrected chi connectivity index (χ1v) is 6.01. The number of aliphatic carboxylic acids is 1. The fraction of sp³-hybridized carbons (Fsp3) is 0.417. The van der Waals surface area contributed by atoms with Gasteiger partial charge in [-0.15, -0.1) is 0 Å². The summed E-state index contributed by atoms with van der Waals surface area (Å²) in [6.45, 7) is 0. The minimum absolute atomic E-state index is 0.0244. The zero-order valence-electron chi connectivity index (χ0n) is 10.4. The second-order valence-corrected chi connectivity index (χ2v) is 4.94. The number of carboxylic acid groups (broad SMARTS) is 1. The Morgan fingerprint density at radius 3 is 2.30 bits per heavy atom. The molecular formula is C12H12N2O6. The summed E-state index contributed by atoms with van der Waals surface area (Å²) >= 11 is 0. The lowest BCUT2D eigenvalue weighted by molar-refractivity contribution is -0.394. The summed E-state index contributed by atoms with van der Waals surface area (Å²) in [4.78, 5) is 31.5. The molecule has 0 bridgehead atoms. The molecule has 0 heterocycles. The van der Waals surface area contributed by atoms with Crippen molar-refractivity contribution in [3.05, 3.63) is 44.0 Å². The topological polar surface area (TPSA) is 124 Å². The molecule has 0 aliphatic heterocycles. The zero-order chi connectivity index (χ0) is 14.9. The van der Waals surface area contributed by atoms with E-state index < -0.39 is 26.9 Å². The first kappa shape index (κ1) is 13.9. The van der Waals surface area contributed by atoms with Crippen LogP contribution in [0.4, 0.5) is 11.4 Å². The van der Waals surface area contributed by atoms with E-state index in [9.17, 15) is 30.1 Å². The van der Waals surface area contributed by atoms with E-state index in [2.05, 4.69) is 0 Å². The van der Waals surface area contributed by atoms with Gasteiger partial charge >= 0.3 is 5.97 Å². The Bertz CT molecular complexity index is 594. The summed E-state index contributed by atoms with van der Waals surface area (Å²) < 4.78 is 0. The Balaban J connectivity index is 2.39. The Kier molecular flexibility index (Phi) is 3.39. The molecule has 8 heteroatoms. The lowest BCUT2D eigenvalue weighted by atomic mass is 9.65. The average molecular weight is 280 g/mol. The van der Waals surface area contributed by atoms with Gasteiger partial charge in [0.15, 0.2) is 0 Å². The molecule has 20 heavy (non-hydrogen) atoms. The first-order valence-electron chi connectivity index (χ1n) is 6.01. The molecule has 0 radical (unpaired) electrons. The predicted molar refractivity (Wildman–Crippen MR) is 67.4 cm³/mol. The van der Waals surface area contributed by atoms with Crippen molar-refractivity contribution in [2.75, 3.05) is 0 Å². The van der Waals surface area contributed by atoms with Crippen LogP contribution in [0.25, 0.3) is 0 Å². The van der Waals surface area contributed by atoms with Gasteiger partial charge in [0.1, 0.15) is 0 Å². The summed E-state index contributed by atoms with van der Waals surface area (Å²) in [5.74, 6) is -0.976. The first-order chi connectivity index (χ1) is 9.35. The number of rotatable bonds is 5. The van der Waals surface area contributed by atoms with Gasteiger partial charge in [-0.2, -0.15) is 0 Å². The molecule has 1 aromatic rings. The van der Waals surface area contributed by atoms with Crippen molar-refractivity contribution >= 4 is 17.3 Å². The van der Waals surface area contributed by atoms with Crippen molar-refractivity contribution in [1.29, 1.82) is 0 Å². The number of hydrogen-bond acceptors (Lipinski definition) is 5. The SMILES string of the molecule is O=C(O)C1(Cc2ccc([N+](=O)[O-])cc2[N+](=O)[O-])CCC1. The van der Waals surface area contributed by atoms with Crippen molar-refractivity contribution < 1.29 is 19.7 Å². The lowest BCUT2D eigenvalue weighted by Crippen LogP contribution is -2.40. The zero-order valence-corrected chi connectivity index (χ0v) is 10.4. The molecule has 1 aliphatic rings. The number of nitro benzene ring substituents is 2. The second kappa shape index (κ2) is 4.87. The molecule has 0 saturated heterocycles. The molecule has 1 aliphatic carbocycles. The van der Waals surface area contributed by atoms with Crippen LogP contribution in [0.15, 0.2) is 18.2 Å². The van der Waals surface area contributed by atoms with Gasteiger partial charge in [0.2, 0.25) is 0 Å². The fourth-order valence-corrected chi connectivity index (χ4v) is 2.42. The van der Waals surface area contributed by atoms with Crippen LogP contribution in [0.5, 0.6) is 0 Å².